The zero-order chi connectivity index (χ0) is 14.3. The molecule has 0 unspecified atom stereocenters. The molecule has 3 aromatic heterocycles. The van der Waals surface area contributed by atoms with Crippen molar-refractivity contribution in [3.8, 4) is 22.4 Å². The third-order valence-corrected chi connectivity index (χ3v) is 3.31. The van der Waals surface area contributed by atoms with E-state index in [2.05, 4.69) is 15.2 Å². The minimum Gasteiger partial charge on any atom is -0.383 e. The van der Waals surface area contributed by atoms with E-state index < -0.39 is 0 Å². The lowest BCUT2D eigenvalue weighted by molar-refractivity contribution is 0.756. The van der Waals surface area contributed by atoms with Crippen molar-refractivity contribution < 1.29 is 0 Å². The number of nitrogen functional groups attached to an aromatic ring is 1. The molecule has 6 nitrogen and oxygen atoms in total. The molecule has 102 valence electrons. The van der Waals surface area contributed by atoms with Crippen LogP contribution in [-0.4, -0.2) is 24.5 Å². The predicted octanol–water partition coefficient (Wildman–Crippen LogP) is 1.77. The smallest absolute Gasteiger partial charge is 0.129 e. The van der Waals surface area contributed by atoms with Gasteiger partial charge in [0.05, 0.1) is 11.3 Å². The van der Waals surface area contributed by atoms with Crippen molar-refractivity contribution in [1.29, 1.82) is 0 Å². The van der Waals surface area contributed by atoms with Crippen LogP contribution >= 0.6 is 0 Å². The second-order valence-corrected chi connectivity index (χ2v) is 4.78. The number of nitrogens with two attached hydrogens (primary N) is 1. The number of anilines is 1. The number of aryl methyl sites for hydroxylation is 3. The monoisotopic (exact) mass is 268 g/mol. The maximum absolute atomic E-state index is 6.18. The molecule has 2 N–H and O–H groups in total. The molecule has 3 heterocycles. The molecule has 0 aliphatic rings. The van der Waals surface area contributed by atoms with E-state index in [4.69, 9.17) is 5.73 Å². The topological polar surface area (TPSA) is 74.5 Å². The highest BCUT2D eigenvalue weighted by molar-refractivity contribution is 5.88. The average Bonchev–Trinajstić information content (AvgIpc) is 2.91. The Hall–Kier alpha value is -2.63. The van der Waals surface area contributed by atoms with Crippen molar-refractivity contribution in [2.24, 2.45) is 14.1 Å². The summed E-state index contributed by atoms with van der Waals surface area (Å²) in [5.74, 6) is 0.622. The van der Waals surface area contributed by atoms with Gasteiger partial charge in [-0.25, -0.2) is 0 Å². The molecule has 0 fully saturated rings. The van der Waals surface area contributed by atoms with Gasteiger partial charge in [0.1, 0.15) is 11.5 Å². The van der Waals surface area contributed by atoms with Gasteiger partial charge in [0, 0.05) is 43.8 Å². The van der Waals surface area contributed by atoms with Gasteiger partial charge in [-0.05, 0) is 13.0 Å². The first-order valence-corrected chi connectivity index (χ1v) is 6.31. The van der Waals surface area contributed by atoms with Gasteiger partial charge in [0.15, 0.2) is 0 Å². The standard InChI is InChI=1S/C14H16N6/c1-9-11(8-19(2)17-9)13-12(14(15)20(3)18-13)10-5-4-6-16-7-10/h4-8H,15H2,1-3H3. The van der Waals surface area contributed by atoms with Gasteiger partial charge in [-0.3, -0.25) is 14.3 Å². The molecule has 0 aliphatic heterocycles. The van der Waals surface area contributed by atoms with Crippen LogP contribution in [0.15, 0.2) is 30.7 Å². The molecule has 3 aromatic rings. The average molecular weight is 268 g/mol. The fraction of sp³-hybridized carbons (Fsp3) is 0.214. The van der Waals surface area contributed by atoms with E-state index in [1.54, 1.807) is 21.8 Å². The largest absolute Gasteiger partial charge is 0.383 e. The van der Waals surface area contributed by atoms with E-state index in [-0.39, 0.29) is 0 Å². The summed E-state index contributed by atoms with van der Waals surface area (Å²) in [6.07, 6.45) is 5.49. The molecule has 20 heavy (non-hydrogen) atoms. The number of pyridine rings is 1. The van der Waals surface area contributed by atoms with Gasteiger partial charge in [-0.2, -0.15) is 10.2 Å². The van der Waals surface area contributed by atoms with E-state index >= 15 is 0 Å². The van der Waals surface area contributed by atoms with Crippen molar-refractivity contribution in [1.82, 2.24) is 24.5 Å². The second-order valence-electron chi connectivity index (χ2n) is 4.78. The molecule has 3 rings (SSSR count). The summed E-state index contributed by atoms with van der Waals surface area (Å²) < 4.78 is 3.46. The Morgan fingerprint density at radius 1 is 1.20 bits per heavy atom. The van der Waals surface area contributed by atoms with Crippen LogP contribution in [-0.2, 0) is 14.1 Å². The number of rotatable bonds is 2. The van der Waals surface area contributed by atoms with Crippen LogP contribution in [0.4, 0.5) is 5.82 Å². The molecule has 0 aromatic carbocycles. The van der Waals surface area contributed by atoms with Gasteiger partial charge in [0.2, 0.25) is 0 Å². The Labute approximate surface area is 116 Å². The molecule has 0 saturated carbocycles. The minimum absolute atomic E-state index is 0.622. The number of hydrogen-bond donors (Lipinski definition) is 1. The summed E-state index contributed by atoms with van der Waals surface area (Å²) in [7, 11) is 3.73. The molecule has 0 saturated heterocycles. The first-order chi connectivity index (χ1) is 9.58. The van der Waals surface area contributed by atoms with Crippen LogP contribution in [0.2, 0.25) is 0 Å². The van der Waals surface area contributed by atoms with Crippen molar-refractivity contribution in [2.75, 3.05) is 5.73 Å². The Bertz CT molecular complexity index is 754. The Balaban J connectivity index is 2.28. The molecule has 0 aliphatic carbocycles. The fourth-order valence-corrected chi connectivity index (χ4v) is 2.35. The van der Waals surface area contributed by atoms with Crippen LogP contribution in [0, 0.1) is 6.92 Å². The van der Waals surface area contributed by atoms with Crippen molar-refractivity contribution >= 4 is 5.82 Å². The maximum Gasteiger partial charge on any atom is 0.129 e. The molecule has 0 atom stereocenters. The number of aromatic nitrogens is 5. The molecule has 0 spiro atoms. The van der Waals surface area contributed by atoms with E-state index in [1.807, 2.05) is 39.3 Å². The third-order valence-electron chi connectivity index (χ3n) is 3.31. The van der Waals surface area contributed by atoms with Crippen LogP contribution in [0.5, 0.6) is 0 Å². The first kappa shape index (κ1) is 12.4. The lowest BCUT2D eigenvalue weighted by atomic mass is 10.0. The predicted molar refractivity (Wildman–Crippen MR) is 77.8 cm³/mol. The van der Waals surface area contributed by atoms with Crippen molar-refractivity contribution in [3.05, 3.63) is 36.4 Å². The molecule has 6 heteroatoms. The Morgan fingerprint density at radius 3 is 2.60 bits per heavy atom. The summed E-state index contributed by atoms with van der Waals surface area (Å²) in [4.78, 5) is 4.16. The molecule has 0 amide bonds. The second kappa shape index (κ2) is 4.48. The quantitative estimate of drug-likeness (QED) is 0.768. The highest BCUT2D eigenvalue weighted by Gasteiger charge is 2.20. The molecule has 0 bridgehead atoms. The fourth-order valence-electron chi connectivity index (χ4n) is 2.35. The molecule has 0 radical (unpaired) electrons. The minimum atomic E-state index is 0.622. The van der Waals surface area contributed by atoms with E-state index in [1.165, 1.54) is 0 Å². The van der Waals surface area contributed by atoms with Gasteiger partial charge in [-0.1, -0.05) is 6.07 Å². The molecular weight excluding hydrogens is 252 g/mol. The van der Waals surface area contributed by atoms with E-state index in [9.17, 15) is 0 Å². The normalized spacial score (nSPS) is 10.9. The first-order valence-electron chi connectivity index (χ1n) is 6.31. The van der Waals surface area contributed by atoms with Gasteiger partial charge in [-0.15, -0.1) is 0 Å². The summed E-state index contributed by atoms with van der Waals surface area (Å²) in [6, 6.07) is 3.87. The third kappa shape index (κ3) is 1.85. The molecular formula is C14H16N6. The Kier molecular flexibility index (Phi) is 2.78. The SMILES string of the molecule is Cc1nn(C)cc1-c1nn(C)c(N)c1-c1cccnc1. The van der Waals surface area contributed by atoms with Crippen molar-refractivity contribution in [3.63, 3.8) is 0 Å². The van der Waals surface area contributed by atoms with E-state index in [0.717, 1.165) is 28.1 Å². The zero-order valence-corrected chi connectivity index (χ0v) is 11.7. The lowest BCUT2D eigenvalue weighted by Crippen LogP contribution is -1.98. The maximum atomic E-state index is 6.18. The van der Waals surface area contributed by atoms with Crippen LogP contribution < -0.4 is 5.73 Å². The van der Waals surface area contributed by atoms with Crippen LogP contribution in [0.25, 0.3) is 22.4 Å². The summed E-state index contributed by atoms with van der Waals surface area (Å²) in [5.41, 5.74) is 10.8. The number of nitrogens with zero attached hydrogens (tertiary/aromatic N) is 5. The highest BCUT2D eigenvalue weighted by Crippen LogP contribution is 2.36. The Morgan fingerprint density at radius 2 is 2.00 bits per heavy atom. The summed E-state index contributed by atoms with van der Waals surface area (Å²) in [6.45, 7) is 1.97. The van der Waals surface area contributed by atoms with Crippen LogP contribution in [0.1, 0.15) is 5.69 Å². The lowest BCUT2D eigenvalue weighted by Gasteiger charge is -2.02. The van der Waals surface area contributed by atoms with E-state index in [0.29, 0.717) is 5.82 Å². The zero-order valence-electron chi connectivity index (χ0n) is 11.7. The van der Waals surface area contributed by atoms with Gasteiger partial charge >= 0.3 is 0 Å². The number of hydrogen-bond acceptors (Lipinski definition) is 4. The van der Waals surface area contributed by atoms with Crippen molar-refractivity contribution in [2.45, 2.75) is 6.92 Å². The highest BCUT2D eigenvalue weighted by atomic mass is 15.3. The summed E-state index contributed by atoms with van der Waals surface area (Å²) >= 11 is 0. The van der Waals surface area contributed by atoms with Gasteiger partial charge < -0.3 is 5.73 Å². The summed E-state index contributed by atoms with van der Waals surface area (Å²) in [5, 5.41) is 8.91. The van der Waals surface area contributed by atoms with Crippen LogP contribution in [0.3, 0.4) is 0 Å². The van der Waals surface area contributed by atoms with Gasteiger partial charge in [0.25, 0.3) is 0 Å².